The second-order valence-electron chi connectivity index (χ2n) is 6.07. The Hall–Kier alpha value is -2.91. The van der Waals surface area contributed by atoms with Crippen LogP contribution in [0.5, 0.6) is 5.75 Å². The van der Waals surface area contributed by atoms with Gasteiger partial charge in [0.05, 0.1) is 6.20 Å². The van der Waals surface area contributed by atoms with E-state index in [-0.39, 0.29) is 29.1 Å². The lowest BCUT2D eigenvalue weighted by atomic mass is 10.1. The average molecular weight is 383 g/mol. The van der Waals surface area contributed by atoms with E-state index in [2.05, 4.69) is 30.3 Å². The van der Waals surface area contributed by atoms with Crippen LogP contribution >= 0.6 is 0 Å². The van der Waals surface area contributed by atoms with Gasteiger partial charge in [0.1, 0.15) is 17.1 Å². The quantitative estimate of drug-likeness (QED) is 0.725. The van der Waals surface area contributed by atoms with E-state index in [4.69, 9.17) is 0 Å². The van der Waals surface area contributed by atoms with Crippen LogP contribution in [0.4, 0.5) is 24.8 Å². The Morgan fingerprint density at radius 2 is 1.89 bits per heavy atom. The van der Waals surface area contributed by atoms with Crippen LogP contribution < -0.4 is 15.4 Å². The van der Waals surface area contributed by atoms with Crippen LogP contribution in [0.3, 0.4) is 0 Å². The molecular weight excluding hydrogens is 363 g/mol. The molecule has 10 heteroatoms. The number of halogens is 3. The summed E-state index contributed by atoms with van der Waals surface area (Å²) in [5, 5.41) is 5.50. The van der Waals surface area contributed by atoms with Gasteiger partial charge in [0.2, 0.25) is 5.95 Å². The highest BCUT2D eigenvalue weighted by molar-refractivity contribution is 6.03. The Morgan fingerprint density at radius 3 is 2.56 bits per heavy atom. The summed E-state index contributed by atoms with van der Waals surface area (Å²) in [6.07, 6.45) is -2.35. The van der Waals surface area contributed by atoms with Gasteiger partial charge in [0.15, 0.2) is 0 Å². The Bertz CT molecular complexity index is 776. The third-order valence-electron chi connectivity index (χ3n) is 3.71. The maximum Gasteiger partial charge on any atom is 0.304 e. The van der Waals surface area contributed by atoms with Crippen LogP contribution in [0.1, 0.15) is 31.3 Å². The van der Waals surface area contributed by atoms with Crippen LogP contribution in [-0.4, -0.2) is 39.7 Å². The molecule has 0 aliphatic carbocycles. The second kappa shape index (κ2) is 9.15. The number of nitrogens with one attached hydrogen (secondary N) is 2. The van der Waals surface area contributed by atoms with Crippen LogP contribution in [0.15, 0.2) is 30.7 Å². The number of aromatic nitrogens is 3. The molecule has 146 valence electrons. The molecule has 0 saturated heterocycles. The lowest BCUT2D eigenvalue weighted by Gasteiger charge is -2.17. The van der Waals surface area contributed by atoms with Gasteiger partial charge in [0.25, 0.3) is 12.3 Å². The molecular formula is C17H20F3N5O2. The van der Waals surface area contributed by atoms with Crippen molar-refractivity contribution in [3.8, 4) is 5.75 Å². The number of pyridine rings is 1. The summed E-state index contributed by atoms with van der Waals surface area (Å²) in [4.78, 5) is 24.4. The fourth-order valence-corrected chi connectivity index (χ4v) is 1.86. The number of ether oxygens (including phenoxy) is 1. The first-order valence-electron chi connectivity index (χ1n) is 8.21. The van der Waals surface area contributed by atoms with Gasteiger partial charge in [-0.05, 0) is 18.9 Å². The standard InChI is InChI=1S/C17H20F3N5O2/c1-9(2)10(3)23-17-22-7-4-11(25-17)16(26)24-12-8-21-6-5-13(12)27-15(20)14(18)19/h4-10,14-15H,1-3H3,(H,24,26)(H,22,23,25). The van der Waals surface area contributed by atoms with Crippen molar-refractivity contribution in [2.75, 3.05) is 10.6 Å². The van der Waals surface area contributed by atoms with E-state index in [9.17, 15) is 18.0 Å². The van der Waals surface area contributed by atoms with Crippen molar-refractivity contribution < 1.29 is 22.7 Å². The topological polar surface area (TPSA) is 89.0 Å². The summed E-state index contributed by atoms with van der Waals surface area (Å²) in [5.74, 6) is -0.326. The van der Waals surface area contributed by atoms with Gasteiger partial charge in [-0.2, -0.15) is 4.39 Å². The maximum atomic E-state index is 13.2. The second-order valence-corrected chi connectivity index (χ2v) is 6.07. The number of nitrogens with zero attached hydrogens (tertiary/aromatic N) is 3. The Kier molecular flexibility index (Phi) is 6.91. The third-order valence-corrected chi connectivity index (χ3v) is 3.71. The number of amides is 1. The predicted molar refractivity (Wildman–Crippen MR) is 93.7 cm³/mol. The normalized spacial score (nSPS) is 13.3. The summed E-state index contributed by atoms with van der Waals surface area (Å²) in [6, 6.07) is 2.63. The van der Waals surface area contributed by atoms with Crippen molar-refractivity contribution in [2.24, 2.45) is 5.92 Å². The van der Waals surface area contributed by atoms with Crippen LogP contribution in [0, 0.1) is 5.92 Å². The van der Waals surface area contributed by atoms with Gasteiger partial charge >= 0.3 is 6.43 Å². The van der Waals surface area contributed by atoms with Crippen LogP contribution in [0.25, 0.3) is 0 Å². The predicted octanol–water partition coefficient (Wildman–Crippen LogP) is 3.52. The molecule has 1 amide bonds. The minimum atomic E-state index is -3.32. The lowest BCUT2D eigenvalue weighted by molar-refractivity contribution is -0.0665. The summed E-state index contributed by atoms with van der Waals surface area (Å²) in [5.41, 5.74) is -0.0293. The van der Waals surface area contributed by atoms with Crippen LogP contribution in [-0.2, 0) is 0 Å². The third kappa shape index (κ3) is 5.80. The van der Waals surface area contributed by atoms with E-state index in [1.807, 2.05) is 20.8 Å². The molecule has 0 aliphatic rings. The summed E-state index contributed by atoms with van der Waals surface area (Å²) >= 11 is 0. The van der Waals surface area contributed by atoms with Crippen molar-refractivity contribution in [1.29, 1.82) is 0 Å². The van der Waals surface area contributed by atoms with Crippen molar-refractivity contribution in [3.63, 3.8) is 0 Å². The molecule has 0 spiro atoms. The van der Waals surface area contributed by atoms with Gasteiger partial charge in [-0.3, -0.25) is 9.78 Å². The van der Waals surface area contributed by atoms with Gasteiger partial charge in [-0.1, -0.05) is 13.8 Å². The lowest BCUT2D eigenvalue weighted by Crippen LogP contribution is -2.24. The fourth-order valence-electron chi connectivity index (χ4n) is 1.86. The Labute approximate surface area is 154 Å². The molecule has 27 heavy (non-hydrogen) atoms. The van der Waals surface area contributed by atoms with Crippen molar-refractivity contribution in [1.82, 2.24) is 15.0 Å². The van der Waals surface area contributed by atoms with Crippen molar-refractivity contribution in [2.45, 2.75) is 39.6 Å². The Balaban J connectivity index is 2.14. The van der Waals surface area contributed by atoms with E-state index >= 15 is 0 Å². The minimum absolute atomic E-state index is 0.0314. The molecule has 2 aromatic rings. The average Bonchev–Trinajstić information content (AvgIpc) is 2.63. The summed E-state index contributed by atoms with van der Waals surface area (Å²) in [6.45, 7) is 6.00. The van der Waals surface area contributed by atoms with E-state index in [0.717, 1.165) is 6.20 Å². The molecule has 7 nitrogen and oxygen atoms in total. The van der Waals surface area contributed by atoms with Gasteiger partial charge < -0.3 is 15.4 Å². The SMILES string of the molecule is CC(C)C(C)Nc1nccc(C(=O)Nc2cnccc2OC(F)C(F)F)n1. The number of carbonyl (C=O) groups excluding carboxylic acids is 1. The summed E-state index contributed by atoms with van der Waals surface area (Å²) < 4.78 is 42.4. The molecule has 2 aromatic heterocycles. The van der Waals surface area contributed by atoms with Gasteiger partial charge in [-0.25, -0.2) is 18.7 Å². The largest absolute Gasteiger partial charge is 0.452 e. The molecule has 0 aliphatic heterocycles. The van der Waals surface area contributed by atoms with E-state index in [1.54, 1.807) is 0 Å². The van der Waals surface area contributed by atoms with Crippen LogP contribution in [0.2, 0.25) is 0 Å². The molecule has 0 saturated carbocycles. The zero-order valence-electron chi connectivity index (χ0n) is 15.0. The van der Waals surface area contributed by atoms with E-state index < -0.39 is 18.7 Å². The monoisotopic (exact) mass is 383 g/mol. The molecule has 2 atom stereocenters. The zero-order valence-corrected chi connectivity index (χ0v) is 15.0. The van der Waals surface area contributed by atoms with Gasteiger partial charge in [-0.15, -0.1) is 0 Å². The first-order chi connectivity index (χ1) is 12.8. The molecule has 0 aromatic carbocycles. The number of anilines is 2. The van der Waals surface area contributed by atoms with Crippen molar-refractivity contribution >= 4 is 17.5 Å². The molecule has 0 fully saturated rings. The number of carbonyl (C=O) groups is 1. The molecule has 2 heterocycles. The highest BCUT2D eigenvalue weighted by atomic mass is 19.3. The summed E-state index contributed by atoms with van der Waals surface area (Å²) in [7, 11) is 0. The zero-order chi connectivity index (χ0) is 20.0. The molecule has 0 bridgehead atoms. The molecule has 0 radical (unpaired) electrons. The smallest absolute Gasteiger partial charge is 0.304 e. The number of alkyl halides is 3. The van der Waals surface area contributed by atoms with E-state index in [0.29, 0.717) is 5.92 Å². The van der Waals surface area contributed by atoms with E-state index in [1.165, 1.54) is 24.5 Å². The minimum Gasteiger partial charge on any atom is -0.452 e. The number of rotatable bonds is 8. The Morgan fingerprint density at radius 1 is 1.15 bits per heavy atom. The number of hydrogen-bond acceptors (Lipinski definition) is 6. The highest BCUT2D eigenvalue weighted by Gasteiger charge is 2.23. The number of hydrogen-bond donors (Lipinski definition) is 2. The molecule has 2 rings (SSSR count). The first-order valence-corrected chi connectivity index (χ1v) is 8.21. The van der Waals surface area contributed by atoms with Crippen molar-refractivity contribution in [3.05, 3.63) is 36.4 Å². The molecule has 2 N–H and O–H groups in total. The highest BCUT2D eigenvalue weighted by Crippen LogP contribution is 2.26. The fraction of sp³-hybridized carbons (Fsp3) is 0.412. The maximum absolute atomic E-state index is 13.2. The van der Waals surface area contributed by atoms with Gasteiger partial charge in [0, 0.05) is 24.5 Å². The first kappa shape index (κ1) is 20.4. The molecule has 2 unspecified atom stereocenters.